The number of thioether (sulfide) groups is 2. The number of hydrogen-bond acceptors (Lipinski definition) is 4. The highest BCUT2D eigenvalue weighted by Gasteiger charge is 2.00. The molecule has 2 nitrogen and oxygen atoms in total. The first kappa shape index (κ1) is 14.2. The monoisotopic (exact) mass is 290 g/mol. The Morgan fingerprint density at radius 3 is 1.53 bits per heavy atom. The van der Waals surface area contributed by atoms with Gasteiger partial charge in [-0.05, 0) is 42.2 Å². The van der Waals surface area contributed by atoms with E-state index in [0.717, 1.165) is 29.3 Å². The Bertz CT molecular complexity index is 482. The summed E-state index contributed by atoms with van der Waals surface area (Å²) in [5, 5.41) is 0. The highest BCUT2D eigenvalue weighted by molar-refractivity contribution is 8.00. The Hall–Kier alpha value is -1.26. The first-order valence-corrected chi connectivity index (χ1v) is 8.19. The zero-order valence-corrected chi connectivity index (χ0v) is 12.3. The highest BCUT2D eigenvalue weighted by atomic mass is 32.2. The molecule has 0 aliphatic heterocycles. The van der Waals surface area contributed by atoms with E-state index in [9.17, 15) is 0 Å². The Kier molecular flexibility index (Phi) is 5.48. The van der Waals surface area contributed by atoms with Crippen LogP contribution in [0, 0.1) is 0 Å². The van der Waals surface area contributed by atoms with Crippen LogP contribution in [-0.2, 0) is 0 Å². The minimum atomic E-state index is 0.868. The molecule has 19 heavy (non-hydrogen) atoms. The fourth-order valence-corrected chi connectivity index (χ4v) is 3.67. The van der Waals surface area contributed by atoms with Crippen LogP contribution < -0.4 is 11.5 Å². The molecule has 2 rings (SSSR count). The molecule has 2 aromatic rings. The van der Waals surface area contributed by atoms with Gasteiger partial charge in [-0.15, -0.1) is 23.5 Å². The van der Waals surface area contributed by atoms with Gasteiger partial charge in [0.2, 0.25) is 0 Å². The van der Waals surface area contributed by atoms with Crippen LogP contribution in [0.15, 0.2) is 58.3 Å². The van der Waals surface area contributed by atoms with Crippen LogP contribution in [0.1, 0.15) is 6.42 Å². The molecule has 0 amide bonds. The topological polar surface area (TPSA) is 52.0 Å². The van der Waals surface area contributed by atoms with Crippen LogP contribution in [-0.4, -0.2) is 11.5 Å². The third-order valence-electron chi connectivity index (χ3n) is 2.64. The van der Waals surface area contributed by atoms with Crippen molar-refractivity contribution in [2.24, 2.45) is 0 Å². The second kappa shape index (κ2) is 7.36. The van der Waals surface area contributed by atoms with E-state index in [1.54, 1.807) is 0 Å². The van der Waals surface area contributed by atoms with Gasteiger partial charge < -0.3 is 11.5 Å². The predicted molar refractivity (Wildman–Crippen MR) is 87.8 cm³/mol. The molecule has 0 saturated heterocycles. The summed E-state index contributed by atoms with van der Waals surface area (Å²) in [7, 11) is 0. The van der Waals surface area contributed by atoms with Crippen molar-refractivity contribution in [3.63, 3.8) is 0 Å². The molecular formula is C15H18N2S2. The van der Waals surface area contributed by atoms with Crippen molar-refractivity contribution >= 4 is 34.9 Å². The predicted octanol–water partition coefficient (Wildman–Crippen LogP) is 4.13. The first-order chi connectivity index (χ1) is 9.27. The third kappa shape index (κ3) is 4.40. The fraction of sp³-hybridized carbons (Fsp3) is 0.200. The summed E-state index contributed by atoms with van der Waals surface area (Å²) >= 11 is 3.63. The van der Waals surface area contributed by atoms with Gasteiger partial charge in [0.1, 0.15) is 0 Å². The lowest BCUT2D eigenvalue weighted by Crippen LogP contribution is -1.91. The Labute approximate surface area is 123 Å². The van der Waals surface area contributed by atoms with E-state index in [1.165, 1.54) is 9.79 Å². The normalized spacial score (nSPS) is 10.5. The molecule has 0 saturated carbocycles. The maximum absolute atomic E-state index is 5.90. The van der Waals surface area contributed by atoms with Crippen LogP contribution in [0.5, 0.6) is 0 Å². The van der Waals surface area contributed by atoms with E-state index in [-0.39, 0.29) is 0 Å². The van der Waals surface area contributed by atoms with Crippen molar-refractivity contribution in [3.05, 3.63) is 48.5 Å². The van der Waals surface area contributed by atoms with Crippen molar-refractivity contribution in [1.29, 1.82) is 0 Å². The summed E-state index contributed by atoms with van der Waals surface area (Å²) in [6, 6.07) is 16.0. The van der Waals surface area contributed by atoms with Gasteiger partial charge in [0.05, 0.1) is 0 Å². The Morgan fingerprint density at radius 1 is 0.684 bits per heavy atom. The summed E-state index contributed by atoms with van der Waals surface area (Å²) < 4.78 is 0. The van der Waals surface area contributed by atoms with Crippen LogP contribution in [0.3, 0.4) is 0 Å². The molecule has 0 unspecified atom stereocenters. The van der Waals surface area contributed by atoms with E-state index < -0.39 is 0 Å². The van der Waals surface area contributed by atoms with Gasteiger partial charge in [0, 0.05) is 21.2 Å². The second-order valence-corrected chi connectivity index (χ2v) is 6.40. The minimum Gasteiger partial charge on any atom is -0.398 e. The maximum atomic E-state index is 5.90. The van der Waals surface area contributed by atoms with E-state index in [0.29, 0.717) is 0 Å². The smallest absolute Gasteiger partial charge is 0.0452 e. The molecule has 0 radical (unpaired) electrons. The summed E-state index contributed by atoms with van der Waals surface area (Å²) in [5.74, 6) is 2.15. The largest absolute Gasteiger partial charge is 0.398 e. The number of rotatable bonds is 6. The van der Waals surface area contributed by atoms with Crippen molar-refractivity contribution < 1.29 is 0 Å². The second-order valence-electron chi connectivity index (χ2n) is 4.13. The molecule has 0 aliphatic carbocycles. The SMILES string of the molecule is Nc1ccccc1SCCCSc1ccccc1N. The number of nitrogens with two attached hydrogens (primary N) is 2. The lowest BCUT2D eigenvalue weighted by molar-refractivity contribution is 1.12. The lowest BCUT2D eigenvalue weighted by atomic mass is 10.3. The zero-order chi connectivity index (χ0) is 13.5. The summed E-state index contributed by atoms with van der Waals surface area (Å²) in [6.07, 6.45) is 1.14. The Morgan fingerprint density at radius 2 is 1.11 bits per heavy atom. The van der Waals surface area contributed by atoms with Crippen molar-refractivity contribution in [1.82, 2.24) is 0 Å². The summed E-state index contributed by atoms with van der Waals surface area (Å²) in [4.78, 5) is 2.35. The molecule has 4 N–H and O–H groups in total. The number of benzene rings is 2. The van der Waals surface area contributed by atoms with Gasteiger partial charge in [0.15, 0.2) is 0 Å². The molecule has 0 aliphatic rings. The molecule has 0 heterocycles. The van der Waals surface area contributed by atoms with E-state index in [2.05, 4.69) is 12.1 Å². The van der Waals surface area contributed by atoms with Gasteiger partial charge in [0.25, 0.3) is 0 Å². The average Bonchev–Trinajstić information content (AvgIpc) is 2.42. The molecule has 0 spiro atoms. The van der Waals surface area contributed by atoms with E-state index in [1.807, 2.05) is 59.9 Å². The number of para-hydroxylation sites is 2. The van der Waals surface area contributed by atoms with E-state index in [4.69, 9.17) is 11.5 Å². The first-order valence-electron chi connectivity index (χ1n) is 6.22. The number of nitrogen functional groups attached to an aromatic ring is 2. The van der Waals surface area contributed by atoms with Crippen molar-refractivity contribution in [2.45, 2.75) is 16.2 Å². The average molecular weight is 290 g/mol. The summed E-state index contributed by atoms with van der Waals surface area (Å²) in [5.41, 5.74) is 13.5. The minimum absolute atomic E-state index is 0.868. The van der Waals surface area contributed by atoms with E-state index >= 15 is 0 Å². The highest BCUT2D eigenvalue weighted by Crippen LogP contribution is 2.28. The van der Waals surface area contributed by atoms with Gasteiger partial charge >= 0.3 is 0 Å². The van der Waals surface area contributed by atoms with Gasteiger partial charge in [-0.25, -0.2) is 0 Å². The lowest BCUT2D eigenvalue weighted by Gasteiger charge is -2.06. The van der Waals surface area contributed by atoms with Crippen LogP contribution in [0.2, 0.25) is 0 Å². The van der Waals surface area contributed by atoms with Crippen molar-refractivity contribution in [2.75, 3.05) is 23.0 Å². The third-order valence-corrected chi connectivity index (χ3v) is 4.99. The fourth-order valence-electron chi connectivity index (χ4n) is 1.65. The molecule has 0 aromatic heterocycles. The van der Waals surface area contributed by atoms with Gasteiger partial charge in [-0.1, -0.05) is 24.3 Å². The maximum Gasteiger partial charge on any atom is 0.0452 e. The molecule has 0 fully saturated rings. The molecular weight excluding hydrogens is 272 g/mol. The number of anilines is 2. The van der Waals surface area contributed by atoms with Crippen LogP contribution in [0.4, 0.5) is 11.4 Å². The van der Waals surface area contributed by atoms with Crippen LogP contribution >= 0.6 is 23.5 Å². The quantitative estimate of drug-likeness (QED) is 0.477. The van der Waals surface area contributed by atoms with Gasteiger partial charge in [-0.2, -0.15) is 0 Å². The zero-order valence-electron chi connectivity index (χ0n) is 10.7. The molecule has 4 heteroatoms. The standard InChI is InChI=1S/C15H18N2S2/c16-12-6-1-3-8-14(12)18-10-5-11-19-15-9-4-2-7-13(15)17/h1-4,6-9H,5,10-11,16-17H2. The molecule has 2 aromatic carbocycles. The van der Waals surface area contributed by atoms with Crippen LogP contribution in [0.25, 0.3) is 0 Å². The summed E-state index contributed by atoms with van der Waals surface area (Å²) in [6.45, 7) is 0. The number of hydrogen-bond donors (Lipinski definition) is 2. The Balaban J connectivity index is 1.71. The molecule has 0 atom stereocenters. The molecule has 100 valence electrons. The molecule has 0 bridgehead atoms. The van der Waals surface area contributed by atoms with Crippen molar-refractivity contribution in [3.8, 4) is 0 Å². The van der Waals surface area contributed by atoms with Gasteiger partial charge in [-0.3, -0.25) is 0 Å².